The second-order valence-electron chi connectivity index (χ2n) is 6.05. The van der Waals surface area contributed by atoms with E-state index in [2.05, 4.69) is 27.3 Å². The number of nitrogens with zero attached hydrogens (tertiary/aromatic N) is 5. The fourth-order valence-corrected chi connectivity index (χ4v) is 2.74. The Morgan fingerprint density at radius 1 is 1.50 bits per heavy atom. The van der Waals surface area contributed by atoms with E-state index >= 15 is 0 Å². The average molecular weight is 302 g/mol. The minimum absolute atomic E-state index is 0.0970. The Bertz CT molecular complexity index is 628. The van der Waals surface area contributed by atoms with E-state index in [9.17, 15) is 4.79 Å². The lowest BCUT2D eigenvalue weighted by molar-refractivity contribution is -0.127. The third-order valence-corrected chi connectivity index (χ3v) is 4.20. The highest BCUT2D eigenvalue weighted by Crippen LogP contribution is 2.47. The molecule has 3 rings (SSSR count). The number of aromatic nitrogens is 5. The second-order valence-corrected chi connectivity index (χ2v) is 6.05. The number of amides is 1. The van der Waals surface area contributed by atoms with Crippen LogP contribution in [0.3, 0.4) is 0 Å². The summed E-state index contributed by atoms with van der Waals surface area (Å²) in [6.45, 7) is 5.56. The van der Waals surface area contributed by atoms with E-state index in [0.717, 1.165) is 31.6 Å². The summed E-state index contributed by atoms with van der Waals surface area (Å²) in [7, 11) is 0. The van der Waals surface area contributed by atoms with Gasteiger partial charge in [0.2, 0.25) is 5.91 Å². The minimum Gasteiger partial charge on any atom is -0.346 e. The van der Waals surface area contributed by atoms with Gasteiger partial charge < -0.3 is 9.88 Å². The first-order valence-electron chi connectivity index (χ1n) is 7.79. The standard InChI is InChI=1S/C15H22N6O/c1-3-7-21-13(17-10-18-21)12(2)19-14(22)15(4-5-15)9-20-8-6-16-11-20/h6,8,10-12H,3-5,7,9H2,1-2H3,(H,19,22)/t12-/m1/s1. The van der Waals surface area contributed by atoms with Crippen LogP contribution >= 0.6 is 0 Å². The molecule has 7 heteroatoms. The molecule has 1 atom stereocenters. The van der Waals surface area contributed by atoms with Crippen LogP contribution in [-0.4, -0.2) is 30.2 Å². The van der Waals surface area contributed by atoms with Crippen LogP contribution in [0.5, 0.6) is 0 Å². The molecule has 1 amide bonds. The van der Waals surface area contributed by atoms with E-state index in [1.807, 2.05) is 22.4 Å². The molecule has 2 aromatic rings. The van der Waals surface area contributed by atoms with Gasteiger partial charge in [-0.1, -0.05) is 6.92 Å². The number of carbonyl (C=O) groups excluding carboxylic acids is 1. The Morgan fingerprint density at radius 2 is 2.32 bits per heavy atom. The molecule has 0 bridgehead atoms. The molecule has 2 aromatic heterocycles. The van der Waals surface area contributed by atoms with Crippen molar-refractivity contribution >= 4 is 5.91 Å². The topological polar surface area (TPSA) is 77.6 Å². The Balaban J connectivity index is 1.65. The molecule has 2 heterocycles. The van der Waals surface area contributed by atoms with Crippen molar-refractivity contribution in [3.63, 3.8) is 0 Å². The molecule has 0 unspecified atom stereocenters. The van der Waals surface area contributed by atoms with E-state index in [1.54, 1.807) is 18.9 Å². The zero-order valence-corrected chi connectivity index (χ0v) is 13.1. The maximum Gasteiger partial charge on any atom is 0.228 e. The molecule has 1 aliphatic carbocycles. The van der Waals surface area contributed by atoms with E-state index in [4.69, 9.17) is 0 Å². The molecule has 0 aromatic carbocycles. The summed E-state index contributed by atoms with van der Waals surface area (Å²) in [5.74, 6) is 0.911. The molecule has 1 fully saturated rings. The summed E-state index contributed by atoms with van der Waals surface area (Å²) in [5, 5.41) is 7.32. The summed E-state index contributed by atoms with van der Waals surface area (Å²) in [6.07, 6.45) is 9.78. The van der Waals surface area contributed by atoms with Crippen LogP contribution in [0.25, 0.3) is 0 Å². The van der Waals surface area contributed by atoms with Crippen molar-refractivity contribution in [3.8, 4) is 0 Å². The van der Waals surface area contributed by atoms with Crippen LogP contribution in [0.15, 0.2) is 25.0 Å². The minimum atomic E-state index is -0.287. The van der Waals surface area contributed by atoms with Crippen LogP contribution in [0.2, 0.25) is 0 Å². The Labute approximate surface area is 129 Å². The maximum atomic E-state index is 12.6. The zero-order valence-electron chi connectivity index (χ0n) is 13.1. The van der Waals surface area contributed by atoms with Crippen molar-refractivity contribution in [2.45, 2.75) is 52.2 Å². The highest BCUT2D eigenvalue weighted by atomic mass is 16.2. The summed E-state index contributed by atoms with van der Waals surface area (Å²) in [6, 6.07) is -0.137. The first kappa shape index (κ1) is 14.7. The van der Waals surface area contributed by atoms with Gasteiger partial charge in [0.05, 0.1) is 17.8 Å². The predicted molar refractivity (Wildman–Crippen MR) is 80.8 cm³/mol. The van der Waals surface area contributed by atoms with Gasteiger partial charge in [0.25, 0.3) is 0 Å². The van der Waals surface area contributed by atoms with Crippen LogP contribution in [0.4, 0.5) is 0 Å². The van der Waals surface area contributed by atoms with Gasteiger partial charge in [0.15, 0.2) is 0 Å². The first-order chi connectivity index (χ1) is 10.6. The quantitative estimate of drug-likeness (QED) is 0.841. The maximum absolute atomic E-state index is 12.6. The molecule has 1 N–H and O–H groups in total. The Morgan fingerprint density at radius 3 is 2.95 bits per heavy atom. The number of hydrogen-bond acceptors (Lipinski definition) is 4. The number of imidazole rings is 1. The third-order valence-electron chi connectivity index (χ3n) is 4.20. The molecular formula is C15H22N6O. The van der Waals surface area contributed by atoms with Gasteiger partial charge in [-0.2, -0.15) is 5.10 Å². The van der Waals surface area contributed by atoms with Crippen LogP contribution in [0.1, 0.15) is 45.0 Å². The van der Waals surface area contributed by atoms with Crippen LogP contribution in [-0.2, 0) is 17.9 Å². The average Bonchev–Trinajstić information content (AvgIpc) is 2.89. The lowest BCUT2D eigenvalue weighted by Gasteiger charge is -2.20. The Kier molecular flexibility index (Phi) is 3.96. The fourth-order valence-electron chi connectivity index (χ4n) is 2.74. The molecule has 22 heavy (non-hydrogen) atoms. The SMILES string of the molecule is CCCn1ncnc1[C@@H](C)NC(=O)C1(Cn2ccnc2)CC1. The highest BCUT2D eigenvalue weighted by Gasteiger charge is 2.50. The molecule has 0 saturated heterocycles. The van der Waals surface area contributed by atoms with Crippen molar-refractivity contribution in [1.29, 1.82) is 0 Å². The number of carbonyl (C=O) groups is 1. The van der Waals surface area contributed by atoms with Gasteiger partial charge in [-0.05, 0) is 26.2 Å². The van der Waals surface area contributed by atoms with Crippen molar-refractivity contribution in [2.75, 3.05) is 0 Å². The Hall–Kier alpha value is -2.18. The number of hydrogen-bond donors (Lipinski definition) is 1. The van der Waals surface area contributed by atoms with Crippen molar-refractivity contribution < 1.29 is 4.79 Å². The summed E-state index contributed by atoms with van der Waals surface area (Å²) in [5.41, 5.74) is -0.287. The molecule has 1 saturated carbocycles. The number of aryl methyl sites for hydroxylation is 1. The molecule has 0 spiro atoms. The molecule has 1 aliphatic rings. The zero-order chi connectivity index (χ0) is 15.6. The van der Waals surface area contributed by atoms with E-state index in [-0.39, 0.29) is 17.4 Å². The van der Waals surface area contributed by atoms with Gasteiger partial charge >= 0.3 is 0 Å². The van der Waals surface area contributed by atoms with Crippen molar-refractivity contribution in [1.82, 2.24) is 29.6 Å². The monoisotopic (exact) mass is 302 g/mol. The summed E-state index contributed by atoms with van der Waals surface area (Å²) in [4.78, 5) is 21.0. The summed E-state index contributed by atoms with van der Waals surface area (Å²) >= 11 is 0. The van der Waals surface area contributed by atoms with E-state index < -0.39 is 0 Å². The molecular weight excluding hydrogens is 280 g/mol. The second kappa shape index (κ2) is 5.90. The smallest absolute Gasteiger partial charge is 0.228 e. The molecule has 118 valence electrons. The number of nitrogens with one attached hydrogen (secondary N) is 1. The van der Waals surface area contributed by atoms with E-state index in [1.165, 1.54) is 0 Å². The molecule has 0 radical (unpaired) electrons. The van der Waals surface area contributed by atoms with Crippen molar-refractivity contribution in [2.24, 2.45) is 5.41 Å². The number of rotatable bonds is 7. The largest absolute Gasteiger partial charge is 0.346 e. The predicted octanol–water partition coefficient (Wildman–Crippen LogP) is 1.54. The molecule has 0 aliphatic heterocycles. The molecule has 7 nitrogen and oxygen atoms in total. The van der Waals surface area contributed by atoms with Gasteiger partial charge in [0.1, 0.15) is 12.2 Å². The highest BCUT2D eigenvalue weighted by molar-refractivity contribution is 5.85. The van der Waals surface area contributed by atoms with Gasteiger partial charge in [0, 0.05) is 25.5 Å². The third kappa shape index (κ3) is 2.88. The van der Waals surface area contributed by atoms with Crippen LogP contribution in [0, 0.1) is 5.41 Å². The first-order valence-corrected chi connectivity index (χ1v) is 7.79. The fraction of sp³-hybridized carbons (Fsp3) is 0.600. The van der Waals surface area contributed by atoms with Crippen molar-refractivity contribution in [3.05, 3.63) is 30.9 Å². The lowest BCUT2D eigenvalue weighted by Crippen LogP contribution is -2.37. The van der Waals surface area contributed by atoms with Crippen LogP contribution < -0.4 is 5.32 Å². The summed E-state index contributed by atoms with van der Waals surface area (Å²) < 4.78 is 3.83. The normalized spacial score (nSPS) is 17.2. The van der Waals surface area contributed by atoms with E-state index in [0.29, 0.717) is 6.54 Å². The van der Waals surface area contributed by atoms with Gasteiger partial charge in [-0.15, -0.1) is 0 Å². The van der Waals surface area contributed by atoms with Gasteiger partial charge in [-0.3, -0.25) is 4.79 Å². The lowest BCUT2D eigenvalue weighted by atomic mass is 10.1. The van der Waals surface area contributed by atoms with Gasteiger partial charge in [-0.25, -0.2) is 14.6 Å².